The molecule has 0 saturated carbocycles. The van der Waals surface area contributed by atoms with Gasteiger partial charge in [0.25, 0.3) is 5.91 Å². The zero-order valence-electron chi connectivity index (χ0n) is 16.5. The molecule has 2 aromatic rings. The molecule has 0 aromatic heterocycles. The fourth-order valence-corrected chi connectivity index (χ4v) is 2.75. The van der Waals surface area contributed by atoms with Crippen LogP contribution in [0.3, 0.4) is 0 Å². The van der Waals surface area contributed by atoms with Gasteiger partial charge < -0.3 is 21.7 Å². The van der Waals surface area contributed by atoms with Gasteiger partial charge in [-0.05, 0) is 24.6 Å². The number of hydrogen-bond acceptors (Lipinski definition) is 4. The van der Waals surface area contributed by atoms with E-state index in [0.29, 0.717) is 24.3 Å². The van der Waals surface area contributed by atoms with E-state index in [2.05, 4.69) is 16.0 Å². The molecule has 0 fully saturated rings. The number of carbonyl (C=O) groups is 3. The van der Waals surface area contributed by atoms with Crippen LogP contribution < -0.4 is 21.7 Å². The largest absolute Gasteiger partial charge is 0.351 e. The summed E-state index contributed by atoms with van der Waals surface area (Å²) < 4.78 is 0. The molecule has 0 radical (unpaired) electrons. The molecule has 1 atom stereocenters. The third-order valence-corrected chi connectivity index (χ3v) is 4.12. The number of rotatable bonds is 8. The number of para-hydroxylation sites is 1. The van der Waals surface area contributed by atoms with Gasteiger partial charge in [0.1, 0.15) is 0 Å². The summed E-state index contributed by atoms with van der Waals surface area (Å²) in [5.74, 6) is -0.836. The molecule has 0 bridgehead atoms. The van der Waals surface area contributed by atoms with E-state index in [1.807, 2.05) is 31.2 Å². The minimum Gasteiger partial charge on any atom is -0.351 e. The molecule has 2 aromatic carbocycles. The van der Waals surface area contributed by atoms with Crippen LogP contribution in [0.15, 0.2) is 48.5 Å². The van der Waals surface area contributed by atoms with Gasteiger partial charge in [-0.3, -0.25) is 14.4 Å². The van der Waals surface area contributed by atoms with Crippen molar-refractivity contribution in [2.75, 3.05) is 18.4 Å². The summed E-state index contributed by atoms with van der Waals surface area (Å²) >= 11 is 0. The van der Waals surface area contributed by atoms with E-state index in [-0.39, 0.29) is 36.5 Å². The number of nitrogens with one attached hydrogen (secondary N) is 3. The highest BCUT2D eigenvalue weighted by atomic mass is 35.5. The van der Waals surface area contributed by atoms with Crippen molar-refractivity contribution in [1.29, 1.82) is 0 Å². The highest BCUT2D eigenvalue weighted by molar-refractivity contribution is 6.03. The summed E-state index contributed by atoms with van der Waals surface area (Å²) in [6.45, 7) is 4.06. The SMILES string of the molecule is CC(=O)NC(CC(=O)Nc1ccccc1C(=O)NCCN)c1ccc(C)cc1.Cl. The third-order valence-electron chi connectivity index (χ3n) is 4.12. The Labute approximate surface area is 176 Å². The van der Waals surface area contributed by atoms with E-state index in [0.717, 1.165) is 11.1 Å². The number of amides is 3. The Morgan fingerprint density at radius 1 is 1.03 bits per heavy atom. The highest BCUT2D eigenvalue weighted by Gasteiger charge is 2.19. The number of halogens is 1. The monoisotopic (exact) mass is 418 g/mol. The van der Waals surface area contributed by atoms with Crippen LogP contribution >= 0.6 is 12.4 Å². The van der Waals surface area contributed by atoms with Gasteiger partial charge in [-0.25, -0.2) is 0 Å². The number of carbonyl (C=O) groups excluding carboxylic acids is 3. The predicted octanol–water partition coefficient (Wildman–Crippen LogP) is 2.31. The minimum absolute atomic E-state index is 0. The first-order valence-corrected chi connectivity index (χ1v) is 9.11. The van der Waals surface area contributed by atoms with Gasteiger partial charge in [-0.15, -0.1) is 12.4 Å². The quantitative estimate of drug-likeness (QED) is 0.526. The molecule has 29 heavy (non-hydrogen) atoms. The maximum atomic E-state index is 12.6. The van der Waals surface area contributed by atoms with Crippen molar-refractivity contribution in [2.24, 2.45) is 5.73 Å². The lowest BCUT2D eigenvalue weighted by molar-refractivity contribution is -0.120. The molecule has 3 amide bonds. The average molecular weight is 419 g/mol. The Kier molecular flexibility index (Phi) is 9.85. The lowest BCUT2D eigenvalue weighted by Gasteiger charge is -2.19. The number of aryl methyl sites for hydroxylation is 1. The molecule has 5 N–H and O–H groups in total. The lowest BCUT2D eigenvalue weighted by Crippen LogP contribution is -2.31. The molecular formula is C21H27ClN4O3. The van der Waals surface area contributed by atoms with Crippen LogP contribution in [-0.4, -0.2) is 30.8 Å². The first kappa shape index (κ1) is 24.1. The van der Waals surface area contributed by atoms with E-state index in [1.54, 1.807) is 24.3 Å². The lowest BCUT2D eigenvalue weighted by atomic mass is 10.0. The molecule has 0 heterocycles. The Balaban J connectivity index is 0.00000420. The molecule has 0 aliphatic rings. The number of nitrogens with two attached hydrogens (primary N) is 1. The predicted molar refractivity (Wildman–Crippen MR) is 116 cm³/mol. The summed E-state index contributed by atoms with van der Waals surface area (Å²) in [4.78, 5) is 36.4. The summed E-state index contributed by atoms with van der Waals surface area (Å²) in [7, 11) is 0. The van der Waals surface area contributed by atoms with Crippen molar-refractivity contribution in [3.63, 3.8) is 0 Å². The van der Waals surface area contributed by atoms with Crippen LogP contribution in [-0.2, 0) is 9.59 Å². The van der Waals surface area contributed by atoms with Gasteiger partial charge >= 0.3 is 0 Å². The topological polar surface area (TPSA) is 113 Å². The van der Waals surface area contributed by atoms with E-state index < -0.39 is 6.04 Å². The molecule has 1 unspecified atom stereocenters. The maximum Gasteiger partial charge on any atom is 0.253 e. The van der Waals surface area contributed by atoms with Crippen LogP contribution in [0.5, 0.6) is 0 Å². The van der Waals surface area contributed by atoms with Crippen LogP contribution in [0.1, 0.15) is 40.9 Å². The van der Waals surface area contributed by atoms with Crippen LogP contribution in [0.2, 0.25) is 0 Å². The smallest absolute Gasteiger partial charge is 0.253 e. The van der Waals surface area contributed by atoms with Crippen molar-refractivity contribution >= 4 is 35.8 Å². The van der Waals surface area contributed by atoms with E-state index in [9.17, 15) is 14.4 Å². The molecule has 0 aliphatic carbocycles. The highest BCUT2D eigenvalue weighted by Crippen LogP contribution is 2.20. The fourth-order valence-electron chi connectivity index (χ4n) is 2.75. The normalized spacial score (nSPS) is 11.0. The summed E-state index contributed by atoms with van der Waals surface area (Å²) in [6.07, 6.45) is 0.0430. The summed E-state index contributed by atoms with van der Waals surface area (Å²) in [6, 6.07) is 13.9. The Morgan fingerprint density at radius 2 is 1.69 bits per heavy atom. The van der Waals surface area contributed by atoms with Crippen molar-refractivity contribution in [2.45, 2.75) is 26.3 Å². The molecule has 2 rings (SSSR count). The first-order chi connectivity index (χ1) is 13.4. The second-order valence-corrected chi connectivity index (χ2v) is 6.51. The zero-order chi connectivity index (χ0) is 20.5. The third kappa shape index (κ3) is 7.56. The molecule has 156 valence electrons. The van der Waals surface area contributed by atoms with Gasteiger partial charge in [0.05, 0.1) is 23.7 Å². The Bertz CT molecular complexity index is 840. The molecule has 0 spiro atoms. The van der Waals surface area contributed by atoms with Gasteiger partial charge in [0.2, 0.25) is 11.8 Å². The Hall–Kier alpha value is -2.90. The van der Waals surface area contributed by atoms with Gasteiger partial charge in [-0.1, -0.05) is 42.0 Å². The van der Waals surface area contributed by atoms with Crippen molar-refractivity contribution in [1.82, 2.24) is 10.6 Å². The fraction of sp³-hybridized carbons (Fsp3) is 0.286. The minimum atomic E-state index is -0.462. The molecule has 0 saturated heterocycles. The van der Waals surface area contributed by atoms with Crippen LogP contribution in [0.25, 0.3) is 0 Å². The number of benzene rings is 2. The summed E-state index contributed by atoms with van der Waals surface area (Å²) in [5, 5.41) is 8.26. The zero-order valence-corrected chi connectivity index (χ0v) is 17.3. The number of hydrogen-bond donors (Lipinski definition) is 4. The van der Waals surface area contributed by atoms with E-state index in [4.69, 9.17) is 5.73 Å². The van der Waals surface area contributed by atoms with E-state index >= 15 is 0 Å². The second kappa shape index (κ2) is 11.8. The van der Waals surface area contributed by atoms with Crippen molar-refractivity contribution in [3.05, 3.63) is 65.2 Å². The van der Waals surface area contributed by atoms with Gasteiger partial charge in [-0.2, -0.15) is 0 Å². The van der Waals surface area contributed by atoms with Gasteiger partial charge in [0.15, 0.2) is 0 Å². The van der Waals surface area contributed by atoms with E-state index in [1.165, 1.54) is 6.92 Å². The van der Waals surface area contributed by atoms with Crippen molar-refractivity contribution in [3.8, 4) is 0 Å². The maximum absolute atomic E-state index is 12.6. The van der Waals surface area contributed by atoms with Crippen LogP contribution in [0.4, 0.5) is 5.69 Å². The molecule has 7 nitrogen and oxygen atoms in total. The standard InChI is InChI=1S/C21H26N4O3.ClH/c1-14-7-9-16(10-8-14)19(24-15(2)26)13-20(27)25-18-6-4-3-5-17(18)21(28)23-12-11-22;/h3-10,19H,11-13,22H2,1-2H3,(H,23,28)(H,24,26)(H,25,27);1H. The number of anilines is 1. The Morgan fingerprint density at radius 3 is 2.31 bits per heavy atom. The van der Waals surface area contributed by atoms with Gasteiger partial charge in [0, 0.05) is 20.0 Å². The van der Waals surface area contributed by atoms with Crippen molar-refractivity contribution < 1.29 is 14.4 Å². The summed E-state index contributed by atoms with van der Waals surface area (Å²) in [5.41, 5.74) is 8.11. The average Bonchev–Trinajstić information content (AvgIpc) is 2.66. The molecule has 8 heteroatoms. The molecular weight excluding hydrogens is 392 g/mol. The second-order valence-electron chi connectivity index (χ2n) is 6.51. The molecule has 0 aliphatic heterocycles. The first-order valence-electron chi connectivity index (χ1n) is 9.11. The van der Waals surface area contributed by atoms with Crippen LogP contribution in [0, 0.1) is 6.92 Å².